The van der Waals surface area contributed by atoms with Gasteiger partial charge in [0.1, 0.15) is 5.75 Å². The quantitative estimate of drug-likeness (QED) is 0.697. The molecule has 0 spiro atoms. The Hall–Kier alpha value is -2.74. The van der Waals surface area contributed by atoms with Gasteiger partial charge in [-0.15, -0.1) is 0 Å². The van der Waals surface area contributed by atoms with Crippen LogP contribution in [0.15, 0.2) is 47.4 Å². The first-order valence-corrected chi connectivity index (χ1v) is 12.4. The van der Waals surface area contributed by atoms with Gasteiger partial charge in [-0.1, -0.05) is 31.4 Å². The fraction of sp³-hybridized carbons (Fsp3) is 0.435. The molecule has 7 nitrogen and oxygen atoms in total. The molecule has 0 saturated heterocycles. The minimum absolute atomic E-state index is 0.0926. The maximum absolute atomic E-state index is 13.0. The second kappa shape index (κ2) is 9.18. The molecule has 1 saturated carbocycles. The Morgan fingerprint density at radius 1 is 1.13 bits per heavy atom. The first kappa shape index (κ1) is 21.5. The second-order valence-electron chi connectivity index (χ2n) is 8.01. The number of nitrogens with zero attached hydrogens (tertiary/aromatic N) is 1. The highest BCUT2D eigenvalue weighted by Crippen LogP contribution is 2.32. The third-order valence-corrected chi connectivity index (χ3v) is 7.23. The molecule has 0 radical (unpaired) electrons. The molecule has 2 amide bonds. The van der Waals surface area contributed by atoms with Crippen LogP contribution in [0, 0.1) is 0 Å². The summed E-state index contributed by atoms with van der Waals surface area (Å²) in [4.78, 5) is 14.7. The van der Waals surface area contributed by atoms with Gasteiger partial charge in [0, 0.05) is 18.3 Å². The number of para-hydroxylation sites is 2. The Morgan fingerprint density at radius 3 is 2.68 bits per heavy atom. The fourth-order valence-electron chi connectivity index (χ4n) is 4.29. The number of rotatable bonds is 6. The summed E-state index contributed by atoms with van der Waals surface area (Å²) in [6, 6.07) is 12.0. The van der Waals surface area contributed by atoms with Gasteiger partial charge in [0.25, 0.3) is 10.0 Å². The zero-order valence-electron chi connectivity index (χ0n) is 17.8. The molecule has 0 unspecified atom stereocenters. The van der Waals surface area contributed by atoms with E-state index in [9.17, 15) is 13.2 Å². The molecule has 1 aliphatic carbocycles. The topological polar surface area (TPSA) is 87.7 Å². The van der Waals surface area contributed by atoms with E-state index < -0.39 is 10.0 Å². The number of benzene rings is 2. The van der Waals surface area contributed by atoms with Gasteiger partial charge in [-0.25, -0.2) is 13.2 Å². The second-order valence-corrected chi connectivity index (χ2v) is 9.69. The minimum Gasteiger partial charge on any atom is -0.492 e. The van der Waals surface area contributed by atoms with Crippen LogP contribution >= 0.6 is 0 Å². The summed E-state index contributed by atoms with van der Waals surface area (Å²) in [5.74, 6) is 0.486. The molecule has 1 aliphatic heterocycles. The van der Waals surface area contributed by atoms with E-state index in [-0.39, 0.29) is 17.0 Å². The van der Waals surface area contributed by atoms with E-state index in [1.807, 2.05) is 6.92 Å². The van der Waals surface area contributed by atoms with Crippen LogP contribution in [-0.2, 0) is 16.4 Å². The van der Waals surface area contributed by atoms with Gasteiger partial charge in [0.2, 0.25) is 0 Å². The predicted octanol–water partition coefficient (Wildman–Crippen LogP) is 4.29. The molecule has 0 bridgehead atoms. The smallest absolute Gasteiger partial charge is 0.322 e. The SMILES string of the molecule is CCOc1ccccc1NS(=O)(=O)c1ccc2c(c1)CCN2C(=O)NC1CCCCC1. The van der Waals surface area contributed by atoms with Gasteiger partial charge in [0.15, 0.2) is 0 Å². The normalized spacial score (nSPS) is 16.6. The number of nitrogens with one attached hydrogen (secondary N) is 2. The number of carbonyl (C=O) groups excluding carboxylic acids is 1. The molecule has 2 aromatic rings. The molecule has 31 heavy (non-hydrogen) atoms. The van der Waals surface area contributed by atoms with Crippen molar-refractivity contribution in [2.75, 3.05) is 22.8 Å². The largest absolute Gasteiger partial charge is 0.492 e. The first-order valence-electron chi connectivity index (χ1n) is 10.9. The van der Waals surface area contributed by atoms with E-state index in [1.165, 1.54) is 6.42 Å². The number of ether oxygens (including phenoxy) is 1. The lowest BCUT2D eigenvalue weighted by atomic mass is 9.96. The molecule has 2 N–H and O–H groups in total. The van der Waals surface area contributed by atoms with Crippen molar-refractivity contribution in [1.82, 2.24) is 5.32 Å². The average Bonchev–Trinajstić information content (AvgIpc) is 3.19. The van der Waals surface area contributed by atoms with Crippen molar-refractivity contribution in [3.05, 3.63) is 48.0 Å². The number of hydrogen-bond donors (Lipinski definition) is 2. The van der Waals surface area contributed by atoms with E-state index >= 15 is 0 Å². The van der Waals surface area contributed by atoms with Gasteiger partial charge in [-0.05, 0) is 62.1 Å². The van der Waals surface area contributed by atoms with E-state index in [2.05, 4.69) is 10.0 Å². The Kier molecular flexibility index (Phi) is 6.36. The number of anilines is 2. The lowest BCUT2D eigenvalue weighted by molar-refractivity contribution is 0.238. The summed E-state index contributed by atoms with van der Waals surface area (Å²) in [7, 11) is -3.79. The Labute approximate surface area is 183 Å². The third kappa shape index (κ3) is 4.79. The number of sulfonamides is 1. The Balaban J connectivity index is 1.50. The van der Waals surface area contributed by atoms with Crippen molar-refractivity contribution in [3.63, 3.8) is 0 Å². The zero-order valence-corrected chi connectivity index (χ0v) is 18.6. The zero-order chi connectivity index (χ0) is 21.8. The van der Waals surface area contributed by atoms with E-state index in [1.54, 1.807) is 47.4 Å². The number of hydrogen-bond acceptors (Lipinski definition) is 4. The molecule has 1 heterocycles. The standard InChI is InChI=1S/C23H29N3O4S/c1-2-30-22-11-7-6-10-20(22)25-31(28,29)19-12-13-21-17(16-19)14-15-26(21)23(27)24-18-8-4-3-5-9-18/h6-7,10-13,16,18,25H,2-5,8-9,14-15H2,1H3,(H,24,27). The summed E-state index contributed by atoms with van der Waals surface area (Å²) in [6.45, 7) is 2.84. The Morgan fingerprint density at radius 2 is 1.90 bits per heavy atom. The van der Waals surface area contributed by atoms with Gasteiger partial charge < -0.3 is 10.1 Å². The highest BCUT2D eigenvalue weighted by atomic mass is 32.2. The Bertz CT molecular complexity index is 1050. The van der Waals surface area contributed by atoms with Crippen molar-refractivity contribution in [1.29, 1.82) is 0 Å². The summed E-state index contributed by atoms with van der Waals surface area (Å²) < 4.78 is 34.1. The third-order valence-electron chi connectivity index (χ3n) is 5.87. The highest BCUT2D eigenvalue weighted by Gasteiger charge is 2.28. The molecule has 1 fully saturated rings. The maximum atomic E-state index is 13.0. The lowest BCUT2D eigenvalue weighted by Gasteiger charge is -2.26. The molecule has 2 aliphatic rings. The van der Waals surface area contributed by atoms with Crippen LogP contribution in [0.1, 0.15) is 44.6 Å². The van der Waals surface area contributed by atoms with Gasteiger partial charge >= 0.3 is 6.03 Å². The van der Waals surface area contributed by atoms with Crippen LogP contribution in [-0.4, -0.2) is 33.6 Å². The van der Waals surface area contributed by atoms with Crippen LogP contribution in [0.25, 0.3) is 0 Å². The highest BCUT2D eigenvalue weighted by molar-refractivity contribution is 7.92. The van der Waals surface area contributed by atoms with Crippen LogP contribution < -0.4 is 19.7 Å². The molecule has 8 heteroatoms. The first-order chi connectivity index (χ1) is 15.0. The van der Waals surface area contributed by atoms with Crippen molar-refractivity contribution < 1.29 is 17.9 Å². The van der Waals surface area contributed by atoms with Crippen LogP contribution in [0.4, 0.5) is 16.2 Å². The van der Waals surface area contributed by atoms with E-state index in [4.69, 9.17) is 4.74 Å². The van der Waals surface area contributed by atoms with E-state index in [0.717, 1.165) is 36.9 Å². The summed E-state index contributed by atoms with van der Waals surface area (Å²) in [5.41, 5.74) is 2.04. The monoisotopic (exact) mass is 443 g/mol. The molecule has 0 aromatic heterocycles. The van der Waals surface area contributed by atoms with Crippen LogP contribution in [0.2, 0.25) is 0 Å². The number of urea groups is 1. The summed E-state index contributed by atoms with van der Waals surface area (Å²) >= 11 is 0. The van der Waals surface area contributed by atoms with E-state index in [0.29, 0.717) is 31.0 Å². The van der Waals surface area contributed by atoms with Gasteiger partial charge in [-0.2, -0.15) is 0 Å². The van der Waals surface area contributed by atoms with Crippen molar-refractivity contribution in [3.8, 4) is 5.75 Å². The number of fused-ring (bicyclic) bond motifs is 1. The fourth-order valence-corrected chi connectivity index (χ4v) is 5.41. The summed E-state index contributed by atoms with van der Waals surface area (Å²) in [5, 5.41) is 3.14. The van der Waals surface area contributed by atoms with Crippen molar-refractivity contribution in [2.24, 2.45) is 0 Å². The van der Waals surface area contributed by atoms with Crippen LogP contribution in [0.3, 0.4) is 0 Å². The molecular weight excluding hydrogens is 414 g/mol. The predicted molar refractivity (Wildman–Crippen MR) is 121 cm³/mol. The molecular formula is C23H29N3O4S. The van der Waals surface area contributed by atoms with Gasteiger partial charge in [-0.3, -0.25) is 9.62 Å². The minimum atomic E-state index is -3.79. The average molecular weight is 444 g/mol. The molecule has 4 rings (SSSR count). The summed E-state index contributed by atoms with van der Waals surface area (Å²) in [6.07, 6.45) is 6.23. The lowest BCUT2D eigenvalue weighted by Crippen LogP contribution is -2.45. The van der Waals surface area contributed by atoms with Gasteiger partial charge in [0.05, 0.1) is 17.2 Å². The molecule has 166 valence electrons. The molecule has 2 aromatic carbocycles. The molecule has 0 atom stereocenters. The van der Waals surface area contributed by atoms with Crippen LogP contribution in [0.5, 0.6) is 5.75 Å². The number of carbonyl (C=O) groups is 1. The maximum Gasteiger partial charge on any atom is 0.322 e. The van der Waals surface area contributed by atoms with Crippen molar-refractivity contribution in [2.45, 2.75) is 56.4 Å². The van der Waals surface area contributed by atoms with Crippen molar-refractivity contribution >= 4 is 27.4 Å². The number of amides is 2.